The van der Waals surface area contributed by atoms with Crippen molar-refractivity contribution in [1.29, 1.82) is 0 Å². The summed E-state index contributed by atoms with van der Waals surface area (Å²) in [7, 11) is 1.65. The number of alkyl halides is 3. The normalized spacial score (nSPS) is 11.6. The van der Waals surface area contributed by atoms with E-state index in [2.05, 4.69) is 10.1 Å². The summed E-state index contributed by atoms with van der Waals surface area (Å²) >= 11 is 0. The molecule has 0 fully saturated rings. The molecule has 2 N–H and O–H groups in total. The van der Waals surface area contributed by atoms with E-state index in [1.807, 2.05) is 0 Å². The third kappa shape index (κ3) is 3.02. The summed E-state index contributed by atoms with van der Waals surface area (Å²) in [4.78, 5) is 3.81. The Morgan fingerprint density at radius 1 is 1.37 bits per heavy atom. The van der Waals surface area contributed by atoms with Gasteiger partial charge in [-0.25, -0.2) is 0 Å². The summed E-state index contributed by atoms with van der Waals surface area (Å²) in [6, 6.07) is 3.43. The summed E-state index contributed by atoms with van der Waals surface area (Å²) in [5, 5.41) is 3.86. The van der Waals surface area contributed by atoms with Crippen molar-refractivity contribution in [3.8, 4) is 11.8 Å². The third-order valence-electron chi connectivity index (χ3n) is 2.39. The second kappa shape index (κ2) is 4.88. The number of benzene rings is 1. The number of halogens is 3. The van der Waals surface area contributed by atoms with Gasteiger partial charge in [0.15, 0.2) is 0 Å². The van der Waals surface area contributed by atoms with E-state index in [1.165, 1.54) is 23.1 Å². The molecule has 5 nitrogen and oxygen atoms in total. The average molecular weight is 272 g/mol. The van der Waals surface area contributed by atoms with E-state index in [0.29, 0.717) is 0 Å². The van der Waals surface area contributed by atoms with Gasteiger partial charge >= 0.3 is 12.2 Å². The molecule has 0 spiro atoms. The van der Waals surface area contributed by atoms with Gasteiger partial charge in [-0.2, -0.15) is 18.2 Å². The minimum absolute atomic E-state index is 0.0408. The monoisotopic (exact) mass is 272 g/mol. The zero-order valence-corrected chi connectivity index (χ0v) is 9.98. The van der Waals surface area contributed by atoms with Crippen LogP contribution in [-0.4, -0.2) is 14.8 Å². The number of aromatic nitrogens is 3. The van der Waals surface area contributed by atoms with Crippen LogP contribution in [0.2, 0.25) is 0 Å². The van der Waals surface area contributed by atoms with Crippen LogP contribution in [0.4, 0.5) is 13.2 Å². The van der Waals surface area contributed by atoms with Gasteiger partial charge in [0.25, 0.3) is 0 Å². The van der Waals surface area contributed by atoms with Gasteiger partial charge in [0.05, 0.1) is 5.56 Å². The molecule has 0 radical (unpaired) electrons. The fourth-order valence-corrected chi connectivity index (χ4v) is 1.55. The van der Waals surface area contributed by atoms with Crippen LogP contribution in [0, 0.1) is 0 Å². The van der Waals surface area contributed by atoms with E-state index in [0.717, 1.165) is 6.07 Å². The Morgan fingerprint density at radius 3 is 2.63 bits per heavy atom. The number of nitrogens with zero attached hydrogens (tertiary/aromatic N) is 3. The molecule has 8 heteroatoms. The summed E-state index contributed by atoms with van der Waals surface area (Å²) in [5.74, 6) is 0.208. The maximum atomic E-state index is 12.7. The Morgan fingerprint density at radius 2 is 2.11 bits per heavy atom. The molecule has 0 saturated carbocycles. The topological polar surface area (TPSA) is 66.0 Å². The second-order valence-corrected chi connectivity index (χ2v) is 3.82. The molecular formula is C11H11F3N4O. The van der Waals surface area contributed by atoms with E-state index in [-0.39, 0.29) is 23.9 Å². The average Bonchev–Trinajstić information content (AvgIpc) is 2.73. The van der Waals surface area contributed by atoms with E-state index < -0.39 is 11.7 Å². The summed E-state index contributed by atoms with van der Waals surface area (Å²) < 4.78 is 44.7. The molecule has 2 aromatic rings. The fourth-order valence-electron chi connectivity index (χ4n) is 1.55. The summed E-state index contributed by atoms with van der Waals surface area (Å²) in [5.41, 5.74) is 4.51. The van der Waals surface area contributed by atoms with Gasteiger partial charge in [0.2, 0.25) is 0 Å². The van der Waals surface area contributed by atoms with Crippen LogP contribution in [0.3, 0.4) is 0 Å². The molecule has 102 valence electrons. The van der Waals surface area contributed by atoms with Crippen LogP contribution >= 0.6 is 0 Å². The molecule has 0 saturated heterocycles. The largest absolute Gasteiger partial charge is 0.423 e. The van der Waals surface area contributed by atoms with Gasteiger partial charge in [-0.15, -0.1) is 5.10 Å². The number of hydrogen-bond acceptors (Lipinski definition) is 4. The number of ether oxygens (including phenoxy) is 1. The first-order valence-corrected chi connectivity index (χ1v) is 5.34. The molecule has 0 aliphatic carbocycles. The van der Waals surface area contributed by atoms with Crippen LogP contribution in [0.5, 0.6) is 11.8 Å². The van der Waals surface area contributed by atoms with Gasteiger partial charge in [-0.3, -0.25) is 4.68 Å². The van der Waals surface area contributed by atoms with Crippen LogP contribution < -0.4 is 10.5 Å². The van der Waals surface area contributed by atoms with Crippen molar-refractivity contribution in [2.45, 2.75) is 12.7 Å². The molecule has 1 aromatic heterocycles. The first-order valence-electron chi connectivity index (χ1n) is 5.34. The van der Waals surface area contributed by atoms with Gasteiger partial charge < -0.3 is 10.5 Å². The van der Waals surface area contributed by atoms with Crippen molar-refractivity contribution in [3.05, 3.63) is 35.7 Å². The number of nitrogens with two attached hydrogens (primary N) is 1. The van der Waals surface area contributed by atoms with Crippen LogP contribution in [0.1, 0.15) is 11.1 Å². The maximum absolute atomic E-state index is 12.7. The standard InChI is InChI=1S/C11H11F3N4O/c1-18-6-16-10(17-18)19-8-2-3-9(11(12,13)14)7(4-8)5-15/h2-4,6H,5,15H2,1H3. The molecule has 1 heterocycles. The van der Waals surface area contributed by atoms with E-state index >= 15 is 0 Å². The Hall–Kier alpha value is -2.09. The number of aryl methyl sites for hydroxylation is 1. The summed E-state index contributed by atoms with van der Waals surface area (Å²) in [6.07, 6.45) is -3.01. The SMILES string of the molecule is Cn1cnc(Oc2ccc(C(F)(F)F)c(CN)c2)n1. The predicted molar refractivity (Wildman–Crippen MR) is 60.4 cm³/mol. The van der Waals surface area contributed by atoms with Gasteiger partial charge in [-0.1, -0.05) is 0 Å². The minimum atomic E-state index is -4.43. The van der Waals surface area contributed by atoms with Gasteiger partial charge in [0.1, 0.15) is 12.1 Å². The zero-order valence-electron chi connectivity index (χ0n) is 9.98. The van der Waals surface area contributed by atoms with Crippen molar-refractivity contribution < 1.29 is 17.9 Å². The van der Waals surface area contributed by atoms with Crippen LogP contribution in [0.15, 0.2) is 24.5 Å². The Labute approximate surface area is 106 Å². The Balaban J connectivity index is 2.29. The van der Waals surface area contributed by atoms with Crippen molar-refractivity contribution in [2.24, 2.45) is 12.8 Å². The Kier molecular flexibility index (Phi) is 3.43. The quantitative estimate of drug-likeness (QED) is 0.929. The van der Waals surface area contributed by atoms with Crippen molar-refractivity contribution in [3.63, 3.8) is 0 Å². The lowest BCUT2D eigenvalue weighted by Gasteiger charge is -2.12. The molecule has 0 aliphatic heterocycles. The third-order valence-corrected chi connectivity index (χ3v) is 2.39. The van der Waals surface area contributed by atoms with E-state index in [1.54, 1.807) is 7.05 Å². The Bertz CT molecular complexity index is 580. The highest BCUT2D eigenvalue weighted by atomic mass is 19.4. The molecule has 19 heavy (non-hydrogen) atoms. The van der Waals surface area contributed by atoms with E-state index in [9.17, 15) is 13.2 Å². The van der Waals surface area contributed by atoms with Gasteiger partial charge in [-0.05, 0) is 23.8 Å². The number of hydrogen-bond donors (Lipinski definition) is 1. The highest BCUT2D eigenvalue weighted by Crippen LogP contribution is 2.34. The van der Waals surface area contributed by atoms with Crippen molar-refractivity contribution >= 4 is 0 Å². The first-order chi connectivity index (χ1) is 8.90. The second-order valence-electron chi connectivity index (χ2n) is 3.82. The fraction of sp³-hybridized carbons (Fsp3) is 0.273. The molecule has 0 unspecified atom stereocenters. The summed E-state index contributed by atoms with van der Waals surface area (Å²) in [6.45, 7) is -0.234. The molecule has 0 bridgehead atoms. The molecule has 0 aliphatic rings. The van der Waals surface area contributed by atoms with Gasteiger partial charge in [0, 0.05) is 13.6 Å². The lowest BCUT2D eigenvalue weighted by molar-refractivity contribution is -0.138. The van der Waals surface area contributed by atoms with E-state index in [4.69, 9.17) is 10.5 Å². The van der Waals surface area contributed by atoms with Crippen LogP contribution in [-0.2, 0) is 19.8 Å². The zero-order chi connectivity index (χ0) is 14.0. The lowest BCUT2D eigenvalue weighted by Crippen LogP contribution is -2.11. The van der Waals surface area contributed by atoms with Crippen molar-refractivity contribution in [1.82, 2.24) is 14.8 Å². The lowest BCUT2D eigenvalue weighted by atomic mass is 10.1. The number of rotatable bonds is 3. The predicted octanol–water partition coefficient (Wildman–Crippen LogP) is 2.08. The maximum Gasteiger partial charge on any atom is 0.416 e. The first kappa shape index (κ1) is 13.3. The highest BCUT2D eigenvalue weighted by molar-refractivity contribution is 5.38. The molecule has 0 amide bonds. The van der Waals surface area contributed by atoms with Crippen LogP contribution in [0.25, 0.3) is 0 Å². The van der Waals surface area contributed by atoms with Crippen molar-refractivity contribution in [2.75, 3.05) is 0 Å². The molecule has 0 atom stereocenters. The highest BCUT2D eigenvalue weighted by Gasteiger charge is 2.33. The smallest absolute Gasteiger partial charge is 0.416 e. The molecule has 1 aromatic carbocycles. The molecular weight excluding hydrogens is 261 g/mol. The molecule has 2 rings (SSSR count). The minimum Gasteiger partial charge on any atom is -0.423 e.